The minimum atomic E-state index is 0.201. The van der Waals surface area contributed by atoms with Crippen LogP contribution in [0.2, 0.25) is 0 Å². The van der Waals surface area contributed by atoms with Crippen LogP contribution >= 0.6 is 11.3 Å². The summed E-state index contributed by atoms with van der Waals surface area (Å²) in [5.41, 5.74) is 3.52. The Hall–Kier alpha value is -1.98. The molecule has 5 heteroatoms. The monoisotopic (exact) mass is 433 g/mol. The molecule has 6 rings (SSSR count). The molecule has 4 nitrogen and oxygen atoms in total. The first-order chi connectivity index (χ1) is 15.2. The largest absolute Gasteiger partial charge is 0.331 e. The van der Waals surface area contributed by atoms with Crippen LogP contribution in [0, 0.1) is 18.8 Å². The van der Waals surface area contributed by atoms with Crippen LogP contribution in [-0.2, 0) is 0 Å². The summed E-state index contributed by atoms with van der Waals surface area (Å²) in [5.74, 6) is 1.49. The summed E-state index contributed by atoms with van der Waals surface area (Å²) in [7, 11) is 0. The molecule has 0 N–H and O–H groups in total. The average Bonchev–Trinajstić information content (AvgIpc) is 3.20. The summed E-state index contributed by atoms with van der Waals surface area (Å²) < 4.78 is 0. The van der Waals surface area contributed by atoms with E-state index >= 15 is 0 Å². The van der Waals surface area contributed by atoms with Gasteiger partial charge in [0.25, 0.3) is 5.91 Å². The summed E-state index contributed by atoms with van der Waals surface area (Å²) in [5, 5.41) is 0.951. The predicted molar refractivity (Wildman–Crippen MR) is 125 cm³/mol. The number of rotatable bonds is 2. The predicted octanol–water partition coefficient (Wildman–Crippen LogP) is 5.15. The molecular formula is C26H31N3OS. The van der Waals surface area contributed by atoms with Crippen molar-refractivity contribution in [3.63, 3.8) is 0 Å². The Bertz CT molecular complexity index is 1010. The molecule has 162 valence electrons. The van der Waals surface area contributed by atoms with Gasteiger partial charge in [-0.15, -0.1) is 11.3 Å². The molecule has 3 saturated heterocycles. The standard InChI is InChI=1S/C26H31N3OS/c1-17-24(31-25(27-17)18-8-3-2-4-9-18)26(30)29-13-7-10-19-14-20-15-21(23(19)29)16-28-12-6-5-11-22(20)28/h2-4,8-9,14,20-23H,5-7,10-13,15-16H2,1H3/t20-,21+,22-,23-/m0/s1. The first-order valence-electron chi connectivity index (χ1n) is 12.0. The fourth-order valence-corrected chi connectivity index (χ4v) is 7.66. The van der Waals surface area contributed by atoms with Crippen LogP contribution in [0.1, 0.15) is 53.9 Å². The number of thiazole rings is 1. The Morgan fingerprint density at radius 1 is 1.13 bits per heavy atom. The van der Waals surface area contributed by atoms with Crippen molar-refractivity contribution < 1.29 is 4.79 Å². The van der Waals surface area contributed by atoms with Gasteiger partial charge in [-0.2, -0.15) is 0 Å². The number of hydrogen-bond acceptors (Lipinski definition) is 4. The Morgan fingerprint density at radius 2 is 2.00 bits per heavy atom. The number of aromatic nitrogens is 1. The van der Waals surface area contributed by atoms with E-state index in [0.717, 1.165) is 40.1 Å². The molecule has 2 aromatic rings. The second-order valence-electron chi connectivity index (χ2n) is 9.81. The summed E-state index contributed by atoms with van der Waals surface area (Å²) >= 11 is 1.56. The molecule has 1 amide bonds. The highest BCUT2D eigenvalue weighted by molar-refractivity contribution is 7.17. The van der Waals surface area contributed by atoms with Gasteiger partial charge in [-0.1, -0.05) is 48.4 Å². The van der Waals surface area contributed by atoms with Crippen molar-refractivity contribution in [1.29, 1.82) is 0 Å². The second kappa shape index (κ2) is 7.86. The van der Waals surface area contributed by atoms with E-state index < -0.39 is 0 Å². The Morgan fingerprint density at radius 3 is 2.87 bits per heavy atom. The van der Waals surface area contributed by atoms with Crippen LogP contribution < -0.4 is 0 Å². The van der Waals surface area contributed by atoms with E-state index in [2.05, 4.69) is 28.0 Å². The number of likely N-dealkylation sites (tertiary alicyclic amines) is 1. The number of amides is 1. The van der Waals surface area contributed by atoms with Crippen molar-refractivity contribution in [3.05, 3.63) is 52.6 Å². The minimum Gasteiger partial charge on any atom is -0.331 e. The zero-order valence-corrected chi connectivity index (χ0v) is 19.1. The van der Waals surface area contributed by atoms with Crippen molar-refractivity contribution in [1.82, 2.24) is 14.8 Å². The molecule has 3 aliphatic heterocycles. The Labute approximate surface area is 189 Å². The third kappa shape index (κ3) is 3.37. The molecule has 1 aromatic carbocycles. The van der Waals surface area contributed by atoms with E-state index in [-0.39, 0.29) is 5.91 Å². The highest BCUT2D eigenvalue weighted by Gasteiger charge is 2.47. The molecule has 31 heavy (non-hydrogen) atoms. The molecule has 0 unspecified atom stereocenters. The molecule has 1 aromatic heterocycles. The maximum absolute atomic E-state index is 13.8. The van der Waals surface area contributed by atoms with E-state index in [1.165, 1.54) is 45.2 Å². The molecule has 3 fully saturated rings. The van der Waals surface area contributed by atoms with Gasteiger partial charge in [0.05, 0.1) is 11.7 Å². The minimum absolute atomic E-state index is 0.201. The topological polar surface area (TPSA) is 36.4 Å². The highest BCUT2D eigenvalue weighted by atomic mass is 32.1. The van der Waals surface area contributed by atoms with Gasteiger partial charge in [0, 0.05) is 24.7 Å². The summed E-state index contributed by atoms with van der Waals surface area (Å²) in [6, 6.07) is 11.3. The van der Waals surface area contributed by atoms with Crippen molar-refractivity contribution in [2.75, 3.05) is 19.6 Å². The van der Waals surface area contributed by atoms with Gasteiger partial charge < -0.3 is 4.90 Å². The third-order valence-corrected chi connectivity index (χ3v) is 9.12. The van der Waals surface area contributed by atoms with Crippen LogP contribution in [0.5, 0.6) is 0 Å². The lowest BCUT2D eigenvalue weighted by molar-refractivity contribution is 0.00159. The number of aryl methyl sites for hydroxylation is 1. The number of hydrogen-bond donors (Lipinski definition) is 0. The maximum atomic E-state index is 13.8. The molecule has 0 spiro atoms. The Kier molecular flexibility index (Phi) is 4.99. The molecule has 2 bridgehead atoms. The number of fused-ring (bicyclic) bond motifs is 6. The zero-order chi connectivity index (χ0) is 20.9. The number of piperidine rings is 3. The summed E-state index contributed by atoms with van der Waals surface area (Å²) in [6.45, 7) is 5.29. The molecule has 1 aliphatic carbocycles. The van der Waals surface area contributed by atoms with Gasteiger partial charge in [0.15, 0.2) is 0 Å². The number of nitrogens with zero attached hydrogens (tertiary/aromatic N) is 3. The van der Waals surface area contributed by atoms with Crippen LogP contribution in [0.3, 0.4) is 0 Å². The van der Waals surface area contributed by atoms with Gasteiger partial charge in [0.1, 0.15) is 9.88 Å². The first-order valence-corrected chi connectivity index (χ1v) is 12.8. The van der Waals surface area contributed by atoms with E-state index in [9.17, 15) is 4.79 Å². The molecule has 4 aliphatic rings. The van der Waals surface area contributed by atoms with E-state index in [1.54, 1.807) is 16.9 Å². The molecule has 0 saturated carbocycles. The van der Waals surface area contributed by atoms with Crippen LogP contribution in [0.15, 0.2) is 42.0 Å². The lowest BCUT2D eigenvalue weighted by Crippen LogP contribution is -2.60. The van der Waals surface area contributed by atoms with Crippen LogP contribution in [-0.4, -0.2) is 52.4 Å². The smallest absolute Gasteiger partial charge is 0.266 e. The number of carbonyl (C=O) groups excluding carboxylic acids is 1. The lowest BCUT2D eigenvalue weighted by Gasteiger charge is -2.54. The van der Waals surface area contributed by atoms with E-state index in [1.807, 2.05) is 25.1 Å². The van der Waals surface area contributed by atoms with Gasteiger partial charge in [-0.3, -0.25) is 9.69 Å². The summed E-state index contributed by atoms with van der Waals surface area (Å²) in [6.07, 6.45) is 10.2. The fraction of sp³-hybridized carbons (Fsp3) is 0.538. The SMILES string of the molecule is Cc1nc(-c2ccccc2)sc1C(=O)N1CCCC2=C[C@H]3C[C@H](CN4CCCC[C@@H]34)[C@H]21. The van der Waals surface area contributed by atoms with Gasteiger partial charge in [0.2, 0.25) is 0 Å². The normalized spacial score (nSPS) is 30.4. The first kappa shape index (κ1) is 19.7. The van der Waals surface area contributed by atoms with E-state index in [4.69, 9.17) is 4.98 Å². The van der Waals surface area contributed by atoms with Crippen molar-refractivity contribution in [2.45, 2.75) is 57.5 Å². The van der Waals surface area contributed by atoms with Crippen molar-refractivity contribution in [2.24, 2.45) is 11.8 Å². The zero-order valence-electron chi connectivity index (χ0n) is 18.3. The molecule has 4 heterocycles. The van der Waals surface area contributed by atoms with Crippen LogP contribution in [0.25, 0.3) is 10.6 Å². The van der Waals surface area contributed by atoms with Crippen molar-refractivity contribution >= 4 is 17.2 Å². The quantitative estimate of drug-likeness (QED) is 0.614. The highest BCUT2D eigenvalue weighted by Crippen LogP contribution is 2.45. The third-order valence-electron chi connectivity index (χ3n) is 7.93. The molecular weight excluding hydrogens is 402 g/mol. The summed E-state index contributed by atoms with van der Waals surface area (Å²) in [4.78, 5) is 24.4. The maximum Gasteiger partial charge on any atom is 0.266 e. The fourth-order valence-electron chi connectivity index (χ4n) is 6.63. The van der Waals surface area contributed by atoms with Gasteiger partial charge in [-0.25, -0.2) is 4.98 Å². The lowest BCUT2D eigenvalue weighted by atomic mass is 9.68. The average molecular weight is 434 g/mol. The van der Waals surface area contributed by atoms with Gasteiger partial charge in [-0.05, 0) is 57.4 Å². The second-order valence-corrected chi connectivity index (χ2v) is 10.8. The number of carbonyl (C=O) groups is 1. The molecule has 0 radical (unpaired) electrons. The van der Waals surface area contributed by atoms with Gasteiger partial charge >= 0.3 is 0 Å². The number of benzene rings is 1. The Balaban J connectivity index is 1.31. The van der Waals surface area contributed by atoms with Crippen LogP contribution in [0.4, 0.5) is 0 Å². The van der Waals surface area contributed by atoms with E-state index in [0.29, 0.717) is 17.9 Å². The van der Waals surface area contributed by atoms with Crippen molar-refractivity contribution in [3.8, 4) is 10.6 Å². The molecule has 4 atom stereocenters.